The minimum atomic E-state index is -0.297. The number of carbonyl (C=O) groups is 1. The van der Waals surface area contributed by atoms with E-state index in [2.05, 4.69) is 0 Å². The first kappa shape index (κ1) is 28.4. The zero-order valence-corrected chi connectivity index (χ0v) is 17.9. The van der Waals surface area contributed by atoms with Crippen LogP contribution in [0.5, 0.6) is 5.75 Å². The Morgan fingerprint density at radius 2 is 1.60 bits per heavy atom. The molecule has 0 spiro atoms. The van der Waals surface area contributed by atoms with Gasteiger partial charge in [-0.3, -0.25) is 0 Å². The summed E-state index contributed by atoms with van der Waals surface area (Å²) in [6, 6.07) is 5.06. The molecule has 3 heteroatoms. The van der Waals surface area contributed by atoms with Crippen molar-refractivity contribution >= 4 is 5.78 Å². The number of ether oxygens (including phenoxy) is 1. The highest BCUT2D eigenvalue weighted by Gasteiger charge is 2.04. The Hall–Kier alpha value is -1.38. The zero-order valence-electron chi connectivity index (χ0n) is 17.9. The van der Waals surface area contributed by atoms with Gasteiger partial charge in [0.1, 0.15) is 5.78 Å². The number of ketones is 1. The van der Waals surface area contributed by atoms with Gasteiger partial charge in [-0.05, 0) is 50.3 Å². The van der Waals surface area contributed by atoms with Crippen LogP contribution in [0.2, 0.25) is 0 Å². The van der Waals surface area contributed by atoms with Crippen molar-refractivity contribution in [3.63, 3.8) is 0 Å². The Labute approximate surface area is 156 Å². The summed E-state index contributed by atoms with van der Waals surface area (Å²) >= 11 is 0. The van der Waals surface area contributed by atoms with E-state index in [9.17, 15) is 9.18 Å². The minimum Gasteiger partial charge on any atom is -0.491 e. The van der Waals surface area contributed by atoms with Crippen LogP contribution in [0.1, 0.15) is 93.1 Å². The van der Waals surface area contributed by atoms with E-state index in [1.165, 1.54) is 6.07 Å². The monoisotopic (exact) mass is 356 g/mol. The summed E-state index contributed by atoms with van der Waals surface area (Å²) in [5.41, 5.74) is 1.09. The van der Waals surface area contributed by atoms with Gasteiger partial charge in [0.15, 0.2) is 11.6 Å². The minimum absolute atomic E-state index is 0.247. The fourth-order valence-corrected chi connectivity index (χ4v) is 1.91. The van der Waals surface area contributed by atoms with Gasteiger partial charge in [-0.2, -0.15) is 0 Å². The summed E-state index contributed by atoms with van der Waals surface area (Å²) in [4.78, 5) is 10.8. The molecule has 0 atom stereocenters. The number of Topliss-reactive ketones (excluding diaryl/α,β-unsaturated/α-hetero) is 1. The normalized spacial score (nSPS) is 8.68. The van der Waals surface area contributed by atoms with E-state index in [1.54, 1.807) is 19.1 Å². The maximum atomic E-state index is 13.5. The number of benzene rings is 1. The Morgan fingerprint density at radius 3 is 2.12 bits per heavy atom. The summed E-state index contributed by atoms with van der Waals surface area (Å²) in [6.45, 7) is 16.2. The molecule has 0 saturated carbocycles. The van der Waals surface area contributed by atoms with Crippen LogP contribution in [-0.2, 0) is 11.2 Å². The van der Waals surface area contributed by atoms with Gasteiger partial charge in [0, 0.05) is 6.42 Å². The van der Waals surface area contributed by atoms with E-state index in [1.807, 2.05) is 48.5 Å². The van der Waals surface area contributed by atoms with Crippen molar-refractivity contribution < 1.29 is 13.9 Å². The molecule has 1 aromatic rings. The van der Waals surface area contributed by atoms with E-state index >= 15 is 0 Å². The highest BCUT2D eigenvalue weighted by atomic mass is 19.1. The Balaban J connectivity index is -0.000000725. The van der Waals surface area contributed by atoms with Gasteiger partial charge in [-0.1, -0.05) is 61.0 Å². The highest BCUT2D eigenvalue weighted by molar-refractivity contribution is 5.75. The third-order valence-electron chi connectivity index (χ3n) is 2.95. The van der Waals surface area contributed by atoms with Crippen LogP contribution in [0.15, 0.2) is 18.2 Å². The number of unbranched alkanes of at least 4 members (excludes halogenated alkanes) is 2. The van der Waals surface area contributed by atoms with Crippen molar-refractivity contribution in [1.82, 2.24) is 0 Å². The van der Waals surface area contributed by atoms with E-state index in [0.717, 1.165) is 37.7 Å². The predicted molar refractivity (Wildman–Crippen MR) is 109 cm³/mol. The topological polar surface area (TPSA) is 26.3 Å². The SMILES string of the molecule is CC.CC.CC.CCCOc1cc(CCCCCC(C)=O)ccc1F. The molecule has 0 aliphatic rings. The Kier molecular flexibility index (Phi) is 25.7. The molecule has 0 fully saturated rings. The second-order valence-electron chi connectivity index (χ2n) is 4.88. The standard InChI is InChI=1S/C16H23FO2.3C2H6/c1-3-11-19-16-12-14(9-10-15(16)17)8-6-4-5-7-13(2)18;3*1-2/h9-10,12H,3-8,11H2,1-2H3;3*1-2H3. The number of hydrogen-bond donors (Lipinski definition) is 0. The van der Waals surface area contributed by atoms with Crippen LogP contribution in [0.4, 0.5) is 4.39 Å². The lowest BCUT2D eigenvalue weighted by atomic mass is 10.1. The second kappa shape index (κ2) is 22.6. The lowest BCUT2D eigenvalue weighted by Crippen LogP contribution is -1.98. The average Bonchev–Trinajstić information content (AvgIpc) is 2.66. The summed E-state index contributed by atoms with van der Waals surface area (Å²) in [6.07, 6.45) is 5.42. The average molecular weight is 357 g/mol. The Morgan fingerprint density at radius 1 is 1.00 bits per heavy atom. The third-order valence-corrected chi connectivity index (χ3v) is 2.95. The molecule has 0 amide bonds. The van der Waals surface area contributed by atoms with Gasteiger partial charge in [0.25, 0.3) is 0 Å². The zero-order chi connectivity index (χ0) is 20.1. The first-order valence-corrected chi connectivity index (χ1v) is 10.0. The summed E-state index contributed by atoms with van der Waals surface area (Å²) < 4.78 is 18.8. The number of rotatable bonds is 9. The van der Waals surface area contributed by atoms with Crippen molar-refractivity contribution in [2.24, 2.45) is 0 Å². The fraction of sp³-hybridized carbons (Fsp3) is 0.682. The van der Waals surface area contributed by atoms with Crippen LogP contribution >= 0.6 is 0 Å². The van der Waals surface area contributed by atoms with Crippen molar-refractivity contribution in [1.29, 1.82) is 0 Å². The lowest BCUT2D eigenvalue weighted by molar-refractivity contribution is -0.117. The first-order valence-electron chi connectivity index (χ1n) is 10.0. The van der Waals surface area contributed by atoms with Crippen molar-refractivity contribution in [3.05, 3.63) is 29.6 Å². The van der Waals surface area contributed by atoms with Gasteiger partial charge < -0.3 is 9.53 Å². The van der Waals surface area contributed by atoms with Crippen LogP contribution in [0, 0.1) is 5.82 Å². The number of carbonyl (C=O) groups excluding carboxylic acids is 1. The van der Waals surface area contributed by atoms with E-state index in [4.69, 9.17) is 4.74 Å². The van der Waals surface area contributed by atoms with Gasteiger partial charge >= 0.3 is 0 Å². The smallest absolute Gasteiger partial charge is 0.165 e. The number of hydrogen-bond acceptors (Lipinski definition) is 2. The maximum Gasteiger partial charge on any atom is 0.165 e. The fourth-order valence-electron chi connectivity index (χ4n) is 1.91. The predicted octanol–water partition coefficient (Wildman–Crippen LogP) is 7.39. The molecule has 0 aliphatic carbocycles. The van der Waals surface area contributed by atoms with Crippen LogP contribution in [0.3, 0.4) is 0 Å². The summed E-state index contributed by atoms with van der Waals surface area (Å²) in [5.74, 6) is 0.300. The Bertz CT molecular complexity index is 403. The van der Waals surface area contributed by atoms with Gasteiger partial charge in [-0.25, -0.2) is 4.39 Å². The quantitative estimate of drug-likeness (QED) is 0.431. The molecule has 1 aromatic carbocycles. The van der Waals surface area contributed by atoms with Gasteiger partial charge in [0.2, 0.25) is 0 Å². The number of aryl methyl sites for hydroxylation is 1. The summed E-state index contributed by atoms with van der Waals surface area (Å²) in [7, 11) is 0. The van der Waals surface area contributed by atoms with Crippen molar-refractivity contribution in [3.8, 4) is 5.75 Å². The van der Waals surface area contributed by atoms with E-state index in [-0.39, 0.29) is 11.6 Å². The molecule has 0 aromatic heterocycles. The molecule has 0 bridgehead atoms. The van der Waals surface area contributed by atoms with Crippen LogP contribution in [-0.4, -0.2) is 12.4 Å². The first-order chi connectivity index (χ1) is 12.1. The van der Waals surface area contributed by atoms with E-state index < -0.39 is 0 Å². The number of halogens is 1. The molecule has 0 N–H and O–H groups in total. The van der Waals surface area contributed by atoms with Crippen molar-refractivity contribution in [2.45, 2.75) is 93.9 Å². The van der Waals surface area contributed by atoms with E-state index in [0.29, 0.717) is 18.8 Å². The largest absolute Gasteiger partial charge is 0.491 e. The molecule has 1 rings (SSSR count). The molecule has 0 unspecified atom stereocenters. The second-order valence-corrected chi connectivity index (χ2v) is 4.88. The molecule has 0 heterocycles. The van der Waals surface area contributed by atoms with Crippen LogP contribution < -0.4 is 4.74 Å². The molecule has 25 heavy (non-hydrogen) atoms. The van der Waals surface area contributed by atoms with Gasteiger partial charge in [0.05, 0.1) is 6.61 Å². The summed E-state index contributed by atoms with van der Waals surface area (Å²) in [5, 5.41) is 0. The molecule has 0 radical (unpaired) electrons. The maximum absolute atomic E-state index is 13.5. The lowest BCUT2D eigenvalue weighted by Gasteiger charge is -2.08. The molecule has 2 nitrogen and oxygen atoms in total. The molecule has 0 aliphatic heterocycles. The molecular weight excluding hydrogens is 315 g/mol. The molecular formula is C22H41FO2. The van der Waals surface area contributed by atoms with Gasteiger partial charge in [-0.15, -0.1) is 0 Å². The molecule has 148 valence electrons. The van der Waals surface area contributed by atoms with Crippen molar-refractivity contribution in [2.75, 3.05) is 6.61 Å². The highest BCUT2D eigenvalue weighted by Crippen LogP contribution is 2.20. The third kappa shape index (κ3) is 17.2. The molecule has 0 saturated heterocycles. The van der Waals surface area contributed by atoms with Crippen LogP contribution in [0.25, 0.3) is 0 Å².